The van der Waals surface area contributed by atoms with Gasteiger partial charge in [0.05, 0.1) is 0 Å². The first-order valence-electron chi connectivity index (χ1n) is 15.5. The van der Waals surface area contributed by atoms with Gasteiger partial charge in [-0.05, 0) is 88.1 Å². The van der Waals surface area contributed by atoms with Crippen LogP contribution in [0.1, 0.15) is 102 Å². The summed E-state index contributed by atoms with van der Waals surface area (Å²) >= 11 is 0. The van der Waals surface area contributed by atoms with Gasteiger partial charge in [-0.25, -0.2) is 4.79 Å². The number of ether oxygens (including phenoxy) is 1. The van der Waals surface area contributed by atoms with E-state index in [9.17, 15) is 19.5 Å². The third-order valence-corrected chi connectivity index (χ3v) is 8.27. The minimum Gasteiger partial charge on any atom is -0.508 e. The zero-order chi connectivity index (χ0) is 30.3. The molecule has 2 aromatic rings. The summed E-state index contributed by atoms with van der Waals surface area (Å²) in [7, 11) is 0. The standard InChI is InChI=1S/C34H47N3O5/c1-5-23-14-18-25(19-15-23)30(31(39)35-26-10-7-6-8-11-26)37(27-12-9-13-27)32(40)29(36-33(41)42-34(2,3)4)22-24-16-20-28(38)21-17-24/h14-21,26-27,29-30,38H,5-13,22H2,1-4H3,(H,35,39)(H,36,41). The first-order valence-corrected chi connectivity index (χ1v) is 15.5. The lowest BCUT2D eigenvalue weighted by atomic mass is 9.87. The van der Waals surface area contributed by atoms with Gasteiger partial charge in [0.1, 0.15) is 23.4 Å². The number of alkyl carbamates (subject to hydrolysis) is 1. The third-order valence-electron chi connectivity index (χ3n) is 8.27. The van der Waals surface area contributed by atoms with Gasteiger partial charge in [0.15, 0.2) is 0 Å². The second-order valence-corrected chi connectivity index (χ2v) is 12.7. The molecule has 228 valence electrons. The van der Waals surface area contributed by atoms with Crippen molar-refractivity contribution >= 4 is 17.9 Å². The van der Waals surface area contributed by atoms with Crippen molar-refractivity contribution in [3.63, 3.8) is 0 Å². The lowest BCUT2D eigenvalue weighted by molar-refractivity contribution is -0.147. The second-order valence-electron chi connectivity index (χ2n) is 12.7. The third kappa shape index (κ3) is 8.49. The molecule has 4 rings (SSSR count). The average molecular weight is 578 g/mol. The van der Waals surface area contributed by atoms with Crippen LogP contribution in [0.25, 0.3) is 0 Å². The highest BCUT2D eigenvalue weighted by Gasteiger charge is 2.42. The second kappa shape index (κ2) is 14.1. The average Bonchev–Trinajstić information content (AvgIpc) is 2.92. The smallest absolute Gasteiger partial charge is 0.408 e. The van der Waals surface area contributed by atoms with Gasteiger partial charge in [-0.3, -0.25) is 9.59 Å². The van der Waals surface area contributed by atoms with E-state index in [1.54, 1.807) is 49.9 Å². The Morgan fingerprint density at radius 1 is 0.905 bits per heavy atom. The van der Waals surface area contributed by atoms with Gasteiger partial charge in [-0.1, -0.05) is 62.6 Å². The van der Waals surface area contributed by atoms with Crippen LogP contribution in [0.5, 0.6) is 5.75 Å². The van der Waals surface area contributed by atoms with E-state index in [4.69, 9.17) is 4.74 Å². The van der Waals surface area contributed by atoms with Crippen LogP contribution >= 0.6 is 0 Å². The maximum absolute atomic E-state index is 14.6. The molecule has 0 aromatic heterocycles. The van der Waals surface area contributed by atoms with E-state index in [-0.39, 0.29) is 36.1 Å². The number of phenolic OH excluding ortho intramolecular Hbond substituents is 1. The Morgan fingerprint density at radius 3 is 2.07 bits per heavy atom. The summed E-state index contributed by atoms with van der Waals surface area (Å²) in [6.07, 6.45) is 8.16. The molecule has 0 aliphatic heterocycles. The number of nitrogens with one attached hydrogen (secondary N) is 2. The lowest BCUT2D eigenvalue weighted by Gasteiger charge is -2.44. The highest BCUT2D eigenvalue weighted by Crippen LogP contribution is 2.35. The Bertz CT molecular complexity index is 1200. The number of nitrogens with zero attached hydrogens (tertiary/aromatic N) is 1. The summed E-state index contributed by atoms with van der Waals surface area (Å²) < 4.78 is 5.53. The zero-order valence-corrected chi connectivity index (χ0v) is 25.5. The van der Waals surface area contributed by atoms with Crippen molar-refractivity contribution in [3.8, 4) is 5.75 Å². The Kier molecular flexibility index (Phi) is 10.5. The van der Waals surface area contributed by atoms with Crippen molar-refractivity contribution in [2.75, 3.05) is 0 Å². The normalized spacial score (nSPS) is 17.4. The molecule has 2 saturated carbocycles. The zero-order valence-electron chi connectivity index (χ0n) is 25.5. The van der Waals surface area contributed by atoms with Crippen LogP contribution in [-0.2, 0) is 27.2 Å². The number of aromatic hydroxyl groups is 1. The largest absolute Gasteiger partial charge is 0.508 e. The van der Waals surface area contributed by atoms with Crippen molar-refractivity contribution in [1.82, 2.24) is 15.5 Å². The maximum Gasteiger partial charge on any atom is 0.408 e. The first-order chi connectivity index (χ1) is 20.0. The molecular formula is C34H47N3O5. The number of carbonyl (C=O) groups is 3. The number of rotatable bonds is 10. The number of hydrogen-bond donors (Lipinski definition) is 3. The Balaban J connectivity index is 1.70. The number of amides is 3. The highest BCUT2D eigenvalue weighted by molar-refractivity contribution is 5.92. The van der Waals surface area contributed by atoms with Crippen molar-refractivity contribution in [1.29, 1.82) is 0 Å². The van der Waals surface area contributed by atoms with Crippen LogP contribution < -0.4 is 10.6 Å². The molecule has 3 N–H and O–H groups in total. The van der Waals surface area contributed by atoms with Crippen LogP contribution in [0.15, 0.2) is 48.5 Å². The van der Waals surface area contributed by atoms with Crippen LogP contribution in [0.4, 0.5) is 4.79 Å². The van der Waals surface area contributed by atoms with Gasteiger partial charge in [0, 0.05) is 18.5 Å². The molecule has 2 unspecified atom stereocenters. The molecule has 2 atom stereocenters. The van der Waals surface area contributed by atoms with Gasteiger partial charge in [0.2, 0.25) is 11.8 Å². The number of carbonyl (C=O) groups excluding carboxylic acids is 3. The molecular weight excluding hydrogens is 530 g/mol. The van der Waals surface area contributed by atoms with Gasteiger partial charge in [0.25, 0.3) is 0 Å². The number of aryl methyl sites for hydroxylation is 1. The molecule has 0 bridgehead atoms. The number of benzene rings is 2. The molecule has 0 spiro atoms. The Morgan fingerprint density at radius 2 is 1.52 bits per heavy atom. The van der Waals surface area contributed by atoms with E-state index >= 15 is 0 Å². The fourth-order valence-electron chi connectivity index (χ4n) is 5.78. The number of phenols is 1. The van der Waals surface area contributed by atoms with E-state index < -0.39 is 23.8 Å². The van der Waals surface area contributed by atoms with E-state index in [0.29, 0.717) is 0 Å². The molecule has 2 aliphatic rings. The van der Waals surface area contributed by atoms with Crippen molar-refractivity contribution in [3.05, 3.63) is 65.2 Å². The SMILES string of the molecule is CCc1ccc(C(C(=O)NC2CCCCC2)N(C(=O)C(Cc2ccc(O)cc2)NC(=O)OC(C)(C)C)C2CCC2)cc1. The highest BCUT2D eigenvalue weighted by atomic mass is 16.6. The molecule has 2 aliphatic carbocycles. The summed E-state index contributed by atoms with van der Waals surface area (Å²) in [5, 5.41) is 15.9. The monoisotopic (exact) mass is 577 g/mol. The summed E-state index contributed by atoms with van der Waals surface area (Å²) in [5.74, 6) is -0.373. The Hall–Kier alpha value is -3.55. The van der Waals surface area contributed by atoms with E-state index in [1.165, 1.54) is 6.42 Å². The number of hydrogen-bond acceptors (Lipinski definition) is 5. The van der Waals surface area contributed by atoms with Crippen LogP contribution in [-0.4, -0.2) is 51.6 Å². The van der Waals surface area contributed by atoms with E-state index in [0.717, 1.165) is 68.1 Å². The maximum atomic E-state index is 14.6. The molecule has 2 fully saturated rings. The fraction of sp³-hybridized carbons (Fsp3) is 0.559. The predicted octanol–water partition coefficient (Wildman–Crippen LogP) is 5.96. The van der Waals surface area contributed by atoms with E-state index in [2.05, 4.69) is 17.6 Å². The van der Waals surface area contributed by atoms with Crippen molar-refractivity contribution < 1.29 is 24.2 Å². The lowest BCUT2D eigenvalue weighted by Crippen LogP contribution is -2.58. The predicted molar refractivity (Wildman–Crippen MR) is 163 cm³/mol. The molecule has 0 radical (unpaired) electrons. The van der Waals surface area contributed by atoms with Crippen LogP contribution in [0.2, 0.25) is 0 Å². The quantitative estimate of drug-likeness (QED) is 0.323. The Labute approximate surface area is 250 Å². The fourth-order valence-corrected chi connectivity index (χ4v) is 5.78. The van der Waals surface area contributed by atoms with Gasteiger partial charge < -0.3 is 25.4 Å². The van der Waals surface area contributed by atoms with Gasteiger partial charge >= 0.3 is 6.09 Å². The molecule has 42 heavy (non-hydrogen) atoms. The van der Waals surface area contributed by atoms with E-state index in [1.807, 2.05) is 24.3 Å². The first kappa shape index (κ1) is 31.4. The molecule has 2 aromatic carbocycles. The molecule has 0 saturated heterocycles. The summed E-state index contributed by atoms with van der Waals surface area (Å²) in [6, 6.07) is 12.7. The minimum atomic E-state index is -0.968. The van der Waals surface area contributed by atoms with Crippen LogP contribution in [0, 0.1) is 0 Å². The van der Waals surface area contributed by atoms with Gasteiger partial charge in [-0.15, -0.1) is 0 Å². The summed E-state index contributed by atoms with van der Waals surface area (Å²) in [4.78, 5) is 43.5. The molecule has 3 amide bonds. The summed E-state index contributed by atoms with van der Waals surface area (Å²) in [5.41, 5.74) is 1.95. The molecule has 8 heteroatoms. The minimum absolute atomic E-state index is 0.0923. The van der Waals surface area contributed by atoms with Crippen molar-refractivity contribution in [2.45, 2.75) is 122 Å². The van der Waals surface area contributed by atoms with Crippen molar-refractivity contribution in [2.24, 2.45) is 0 Å². The topological polar surface area (TPSA) is 108 Å². The summed E-state index contributed by atoms with van der Waals surface area (Å²) in [6.45, 7) is 7.41. The molecule has 0 heterocycles. The van der Waals surface area contributed by atoms with Gasteiger partial charge in [-0.2, -0.15) is 0 Å². The van der Waals surface area contributed by atoms with Crippen LogP contribution in [0.3, 0.4) is 0 Å². The molecule has 8 nitrogen and oxygen atoms in total.